The van der Waals surface area contributed by atoms with E-state index in [0.717, 1.165) is 23.0 Å². The fourth-order valence-corrected chi connectivity index (χ4v) is 4.65. The van der Waals surface area contributed by atoms with Gasteiger partial charge in [-0.05, 0) is 23.6 Å². The number of carbonyl (C=O) groups excluding carboxylic acids is 1. The Hall–Kier alpha value is -2.12. The molecule has 2 saturated heterocycles. The number of nitrogens with zero attached hydrogens (tertiary/aromatic N) is 1. The van der Waals surface area contributed by atoms with Crippen LogP contribution in [0.3, 0.4) is 0 Å². The lowest BCUT2D eigenvalue weighted by Gasteiger charge is -2.54. The zero-order valence-corrected chi connectivity index (χ0v) is 15.5. The predicted molar refractivity (Wildman–Crippen MR) is 95.3 cm³/mol. The van der Waals surface area contributed by atoms with Crippen molar-refractivity contribution in [3.63, 3.8) is 0 Å². The lowest BCUT2D eigenvalue weighted by Crippen LogP contribution is -2.70. The van der Waals surface area contributed by atoms with Crippen LogP contribution >= 0.6 is 0 Å². The lowest BCUT2D eigenvalue weighted by atomic mass is 9.72. The quantitative estimate of drug-likeness (QED) is 0.457. The molecule has 7 heteroatoms. The van der Waals surface area contributed by atoms with Crippen LogP contribution in [0.2, 0.25) is 0 Å². The molecule has 0 N–H and O–H groups in total. The molecule has 3 atom stereocenters. The Kier molecular flexibility index (Phi) is 4.16. The zero-order chi connectivity index (χ0) is 18.5. The third kappa shape index (κ3) is 2.95. The highest BCUT2D eigenvalue weighted by atomic mass is 32.2. The molecule has 1 aliphatic carbocycles. The van der Waals surface area contributed by atoms with Gasteiger partial charge in [-0.1, -0.05) is 36.4 Å². The van der Waals surface area contributed by atoms with Crippen molar-refractivity contribution in [1.82, 2.24) is 4.90 Å². The first-order valence-electron chi connectivity index (χ1n) is 8.59. The Balaban J connectivity index is 1.64. The SMILES string of the molecule is CC1=C(OS(C)(=O)=O)CC=C2CO[C@H]3C(=O)N(Cc4ccccc4)[C@H]3[C@@H]21. The molecular formula is C19H21NO5S. The molecule has 6 nitrogen and oxygen atoms in total. The van der Waals surface area contributed by atoms with Gasteiger partial charge in [-0.2, -0.15) is 8.42 Å². The molecule has 0 saturated carbocycles. The summed E-state index contributed by atoms with van der Waals surface area (Å²) in [5, 5.41) is 0. The predicted octanol–water partition coefficient (Wildman–Crippen LogP) is 1.99. The van der Waals surface area contributed by atoms with Crippen LogP contribution in [-0.4, -0.2) is 44.2 Å². The van der Waals surface area contributed by atoms with Crippen LogP contribution in [0, 0.1) is 5.92 Å². The van der Waals surface area contributed by atoms with Gasteiger partial charge in [-0.15, -0.1) is 0 Å². The molecule has 0 spiro atoms. The van der Waals surface area contributed by atoms with E-state index >= 15 is 0 Å². The number of fused-ring (bicyclic) bond motifs is 3. The molecule has 26 heavy (non-hydrogen) atoms. The van der Waals surface area contributed by atoms with Gasteiger partial charge < -0.3 is 13.8 Å². The first kappa shape index (κ1) is 17.3. The smallest absolute Gasteiger partial charge is 0.305 e. The van der Waals surface area contributed by atoms with E-state index in [1.165, 1.54) is 0 Å². The van der Waals surface area contributed by atoms with E-state index in [-0.39, 0.29) is 17.9 Å². The number of carbonyl (C=O) groups is 1. The Labute approximate surface area is 153 Å². The van der Waals surface area contributed by atoms with Crippen LogP contribution in [0.25, 0.3) is 0 Å². The van der Waals surface area contributed by atoms with E-state index in [1.807, 2.05) is 48.2 Å². The summed E-state index contributed by atoms with van der Waals surface area (Å²) < 4.78 is 34.1. The largest absolute Gasteiger partial charge is 0.387 e. The number of hydrogen-bond acceptors (Lipinski definition) is 5. The zero-order valence-electron chi connectivity index (χ0n) is 14.7. The highest BCUT2D eigenvalue weighted by Gasteiger charge is 2.56. The second-order valence-corrected chi connectivity index (χ2v) is 8.60. The molecule has 138 valence electrons. The minimum atomic E-state index is -3.58. The van der Waals surface area contributed by atoms with Crippen molar-refractivity contribution >= 4 is 16.0 Å². The summed E-state index contributed by atoms with van der Waals surface area (Å²) in [6.45, 7) is 2.81. The number of benzene rings is 1. The maximum Gasteiger partial charge on any atom is 0.305 e. The highest BCUT2D eigenvalue weighted by molar-refractivity contribution is 7.86. The fourth-order valence-electron chi connectivity index (χ4n) is 4.08. The van der Waals surface area contributed by atoms with Gasteiger partial charge in [0.25, 0.3) is 5.91 Å². The molecule has 0 bridgehead atoms. The molecule has 3 aliphatic rings. The molecule has 0 radical (unpaired) electrons. The molecular weight excluding hydrogens is 354 g/mol. The third-order valence-corrected chi connectivity index (χ3v) is 5.77. The minimum Gasteiger partial charge on any atom is -0.387 e. The first-order valence-corrected chi connectivity index (χ1v) is 10.4. The third-order valence-electron chi connectivity index (χ3n) is 5.27. The van der Waals surface area contributed by atoms with E-state index in [2.05, 4.69) is 0 Å². The van der Waals surface area contributed by atoms with E-state index in [9.17, 15) is 13.2 Å². The molecule has 1 aromatic carbocycles. The van der Waals surface area contributed by atoms with Crippen molar-refractivity contribution in [2.75, 3.05) is 12.9 Å². The Morgan fingerprint density at radius 1 is 1.27 bits per heavy atom. The molecule has 2 heterocycles. The van der Waals surface area contributed by atoms with Crippen LogP contribution in [-0.2, 0) is 30.4 Å². The second-order valence-electron chi connectivity index (χ2n) is 7.03. The van der Waals surface area contributed by atoms with Crippen LogP contribution in [0.4, 0.5) is 0 Å². The molecule has 0 aromatic heterocycles. The summed E-state index contributed by atoms with van der Waals surface area (Å²) in [7, 11) is -3.58. The number of allylic oxidation sites excluding steroid dienone is 1. The van der Waals surface area contributed by atoms with Crippen molar-refractivity contribution in [2.24, 2.45) is 5.92 Å². The standard InChI is InChI=1S/C19H21NO5S/c1-12-15(25-26(2,22)23)9-8-14-11-24-18-17(16(12)14)20(19(18)21)10-13-6-4-3-5-7-13/h3-8,16-18H,9-11H2,1-2H3/t16-,17+,18-/m1/s1. The maximum atomic E-state index is 12.5. The number of ether oxygens (including phenoxy) is 1. The Morgan fingerprint density at radius 2 is 2.00 bits per heavy atom. The van der Waals surface area contributed by atoms with E-state index in [0.29, 0.717) is 25.3 Å². The van der Waals surface area contributed by atoms with Crippen molar-refractivity contribution in [3.05, 3.63) is 58.9 Å². The van der Waals surface area contributed by atoms with Gasteiger partial charge in [0.1, 0.15) is 5.76 Å². The van der Waals surface area contributed by atoms with Gasteiger partial charge in [-0.25, -0.2) is 0 Å². The number of likely N-dealkylation sites (tertiary alicyclic amines) is 1. The maximum absolute atomic E-state index is 12.5. The van der Waals surface area contributed by atoms with Gasteiger partial charge in [0.05, 0.1) is 18.9 Å². The summed E-state index contributed by atoms with van der Waals surface area (Å²) in [5.74, 6) is 0.392. The van der Waals surface area contributed by atoms with Crippen molar-refractivity contribution < 1.29 is 22.1 Å². The Bertz CT molecular complexity index is 903. The van der Waals surface area contributed by atoms with Gasteiger partial charge in [0.2, 0.25) is 0 Å². The van der Waals surface area contributed by atoms with Crippen LogP contribution < -0.4 is 0 Å². The molecule has 1 amide bonds. The van der Waals surface area contributed by atoms with Crippen molar-refractivity contribution in [3.8, 4) is 0 Å². The minimum absolute atomic E-state index is 0.0122. The van der Waals surface area contributed by atoms with Crippen molar-refractivity contribution in [2.45, 2.75) is 32.0 Å². The van der Waals surface area contributed by atoms with E-state index < -0.39 is 16.2 Å². The summed E-state index contributed by atoms with van der Waals surface area (Å²) in [6.07, 6.45) is 2.98. The average Bonchev–Trinajstić information content (AvgIpc) is 2.61. The Morgan fingerprint density at radius 3 is 2.69 bits per heavy atom. The molecule has 4 rings (SSSR count). The normalized spacial score (nSPS) is 28.1. The van der Waals surface area contributed by atoms with Gasteiger partial charge in [0.15, 0.2) is 6.10 Å². The number of amides is 1. The second kappa shape index (κ2) is 6.25. The first-order chi connectivity index (χ1) is 12.3. The summed E-state index contributed by atoms with van der Waals surface area (Å²) >= 11 is 0. The average molecular weight is 375 g/mol. The van der Waals surface area contributed by atoms with Crippen LogP contribution in [0.5, 0.6) is 0 Å². The van der Waals surface area contributed by atoms with Crippen LogP contribution in [0.15, 0.2) is 53.3 Å². The molecule has 2 fully saturated rings. The van der Waals surface area contributed by atoms with Gasteiger partial charge in [0, 0.05) is 18.9 Å². The van der Waals surface area contributed by atoms with Crippen molar-refractivity contribution in [1.29, 1.82) is 0 Å². The van der Waals surface area contributed by atoms with E-state index in [4.69, 9.17) is 8.92 Å². The number of hydrogen-bond donors (Lipinski definition) is 0. The molecule has 1 aromatic rings. The number of β-lactam (4-membered cyclic amide) rings is 1. The number of rotatable bonds is 4. The van der Waals surface area contributed by atoms with Gasteiger partial charge in [-0.3, -0.25) is 4.79 Å². The lowest BCUT2D eigenvalue weighted by molar-refractivity contribution is -0.183. The van der Waals surface area contributed by atoms with Crippen LogP contribution in [0.1, 0.15) is 18.9 Å². The summed E-state index contributed by atoms with van der Waals surface area (Å²) in [4.78, 5) is 14.4. The van der Waals surface area contributed by atoms with E-state index in [1.54, 1.807) is 0 Å². The fraction of sp³-hybridized carbons (Fsp3) is 0.421. The molecule has 2 aliphatic heterocycles. The summed E-state index contributed by atoms with van der Waals surface area (Å²) in [6, 6.07) is 9.69. The highest BCUT2D eigenvalue weighted by Crippen LogP contribution is 2.45. The molecule has 0 unspecified atom stereocenters. The summed E-state index contributed by atoms with van der Waals surface area (Å²) in [5.41, 5.74) is 3.02. The topological polar surface area (TPSA) is 72.9 Å². The monoisotopic (exact) mass is 375 g/mol. The van der Waals surface area contributed by atoms with Gasteiger partial charge >= 0.3 is 10.1 Å².